The molecule has 1 N–H and O–H groups in total. The molecule has 0 fully saturated rings. The molecule has 0 saturated heterocycles. The zero-order valence-electron chi connectivity index (χ0n) is 7.05. The number of halogens is 1. The Hall–Kier alpha value is -0.410. The molecule has 1 aromatic rings. The number of rotatable bonds is 6. The topological polar surface area (TPSA) is 12.0 Å². The first kappa shape index (κ1) is 9.68. The minimum Gasteiger partial charge on any atom is -0.314 e. The van der Waals surface area contributed by atoms with E-state index in [0.29, 0.717) is 6.54 Å². The summed E-state index contributed by atoms with van der Waals surface area (Å²) in [6.45, 7) is 1.14. The van der Waals surface area contributed by atoms with E-state index in [0.717, 1.165) is 19.4 Å². The van der Waals surface area contributed by atoms with Crippen molar-refractivity contribution < 1.29 is 4.39 Å². The van der Waals surface area contributed by atoms with Crippen LogP contribution in [0.4, 0.5) is 4.39 Å². The molecule has 68 valence electrons. The Bertz CT molecular complexity index is 186. The first-order valence-corrected chi connectivity index (χ1v) is 5.10. The van der Waals surface area contributed by atoms with Crippen molar-refractivity contribution in [1.82, 2.24) is 5.32 Å². The van der Waals surface area contributed by atoms with Gasteiger partial charge in [0.05, 0.1) is 0 Å². The Morgan fingerprint density at radius 1 is 1.42 bits per heavy atom. The molecule has 0 unspecified atom stereocenters. The van der Waals surface area contributed by atoms with Crippen LogP contribution in [0.5, 0.6) is 0 Å². The number of aryl methyl sites for hydroxylation is 1. The lowest BCUT2D eigenvalue weighted by Crippen LogP contribution is -2.18. The molecule has 0 bridgehead atoms. The number of hydrogen-bond acceptors (Lipinski definition) is 2. The Balaban J connectivity index is 1.96. The van der Waals surface area contributed by atoms with Gasteiger partial charge < -0.3 is 5.32 Å². The highest BCUT2D eigenvalue weighted by Gasteiger charge is 1.92. The molecule has 1 nitrogen and oxygen atoms in total. The van der Waals surface area contributed by atoms with Gasteiger partial charge in [0.2, 0.25) is 0 Å². The van der Waals surface area contributed by atoms with Gasteiger partial charge in [-0.2, -0.15) is 0 Å². The van der Waals surface area contributed by atoms with Gasteiger partial charge in [0.15, 0.2) is 0 Å². The van der Waals surface area contributed by atoms with Crippen molar-refractivity contribution in [3.8, 4) is 0 Å². The van der Waals surface area contributed by atoms with Gasteiger partial charge in [-0.05, 0) is 30.8 Å². The zero-order chi connectivity index (χ0) is 8.65. The second kappa shape index (κ2) is 6.14. The second-order valence-corrected chi connectivity index (χ2v) is 3.65. The van der Waals surface area contributed by atoms with E-state index in [4.69, 9.17) is 0 Å². The third-order valence-electron chi connectivity index (χ3n) is 1.63. The summed E-state index contributed by atoms with van der Waals surface area (Å²) < 4.78 is 11.6. The molecule has 0 aromatic carbocycles. The van der Waals surface area contributed by atoms with Gasteiger partial charge in [-0.1, -0.05) is 6.07 Å². The lowest BCUT2D eigenvalue weighted by atomic mass is 10.2. The normalized spacial score (nSPS) is 10.4. The lowest BCUT2D eigenvalue weighted by Gasteiger charge is -1.99. The summed E-state index contributed by atoms with van der Waals surface area (Å²) in [5, 5.41) is 5.11. The van der Waals surface area contributed by atoms with E-state index in [9.17, 15) is 4.39 Å². The SMILES string of the molecule is FCCNCCCc1cccs1. The molecule has 0 amide bonds. The van der Waals surface area contributed by atoms with Crippen molar-refractivity contribution in [3.63, 3.8) is 0 Å². The van der Waals surface area contributed by atoms with E-state index in [-0.39, 0.29) is 6.67 Å². The minimum absolute atomic E-state index is 0.265. The molecular weight excluding hydrogens is 173 g/mol. The van der Waals surface area contributed by atoms with Crippen LogP contribution in [0.15, 0.2) is 17.5 Å². The van der Waals surface area contributed by atoms with Gasteiger partial charge in [0.1, 0.15) is 6.67 Å². The van der Waals surface area contributed by atoms with E-state index >= 15 is 0 Å². The first-order valence-electron chi connectivity index (χ1n) is 4.22. The monoisotopic (exact) mass is 187 g/mol. The highest BCUT2D eigenvalue weighted by Crippen LogP contribution is 2.09. The predicted molar refractivity (Wildman–Crippen MR) is 51.5 cm³/mol. The predicted octanol–water partition coefficient (Wildman–Crippen LogP) is 2.24. The first-order chi connectivity index (χ1) is 5.93. The molecule has 1 heterocycles. The number of thiophene rings is 1. The van der Waals surface area contributed by atoms with Crippen LogP contribution in [0.3, 0.4) is 0 Å². The van der Waals surface area contributed by atoms with Gasteiger partial charge in [-0.15, -0.1) is 11.3 Å². The van der Waals surface area contributed by atoms with Crippen molar-refractivity contribution in [1.29, 1.82) is 0 Å². The van der Waals surface area contributed by atoms with Gasteiger partial charge >= 0.3 is 0 Å². The van der Waals surface area contributed by atoms with E-state index in [1.54, 1.807) is 11.3 Å². The molecule has 0 aliphatic heterocycles. The average molecular weight is 187 g/mol. The maximum Gasteiger partial charge on any atom is 0.102 e. The van der Waals surface area contributed by atoms with Crippen LogP contribution < -0.4 is 5.32 Å². The summed E-state index contributed by atoms with van der Waals surface area (Å²) in [4.78, 5) is 1.41. The third kappa shape index (κ3) is 3.83. The molecule has 1 aromatic heterocycles. The van der Waals surface area contributed by atoms with Crippen molar-refractivity contribution in [2.24, 2.45) is 0 Å². The van der Waals surface area contributed by atoms with Gasteiger partial charge in [-0.25, -0.2) is 4.39 Å². The molecule has 12 heavy (non-hydrogen) atoms. The number of hydrogen-bond donors (Lipinski definition) is 1. The van der Waals surface area contributed by atoms with Crippen LogP contribution in [0.2, 0.25) is 0 Å². The summed E-state index contributed by atoms with van der Waals surface area (Å²) in [6.07, 6.45) is 2.21. The van der Waals surface area contributed by atoms with Crippen LogP contribution in [-0.2, 0) is 6.42 Å². The van der Waals surface area contributed by atoms with Crippen molar-refractivity contribution >= 4 is 11.3 Å². The van der Waals surface area contributed by atoms with E-state index in [2.05, 4.69) is 22.8 Å². The summed E-state index contributed by atoms with van der Waals surface area (Å²) >= 11 is 1.78. The maximum absolute atomic E-state index is 11.6. The smallest absolute Gasteiger partial charge is 0.102 e. The van der Waals surface area contributed by atoms with E-state index in [1.165, 1.54) is 4.88 Å². The fraction of sp³-hybridized carbons (Fsp3) is 0.556. The van der Waals surface area contributed by atoms with Crippen LogP contribution >= 0.6 is 11.3 Å². The Morgan fingerprint density at radius 3 is 3.00 bits per heavy atom. The summed E-state index contributed by atoms with van der Waals surface area (Å²) in [6, 6.07) is 4.20. The molecule has 0 aliphatic rings. The van der Waals surface area contributed by atoms with Crippen LogP contribution in [0.25, 0.3) is 0 Å². The summed E-state index contributed by atoms with van der Waals surface area (Å²) in [5.41, 5.74) is 0. The molecule has 0 saturated carbocycles. The molecular formula is C9H14FNS. The van der Waals surface area contributed by atoms with Gasteiger partial charge in [-0.3, -0.25) is 0 Å². The largest absolute Gasteiger partial charge is 0.314 e. The van der Waals surface area contributed by atoms with Crippen LogP contribution in [-0.4, -0.2) is 19.8 Å². The van der Waals surface area contributed by atoms with E-state index in [1.807, 2.05) is 0 Å². The second-order valence-electron chi connectivity index (χ2n) is 2.62. The Morgan fingerprint density at radius 2 is 2.33 bits per heavy atom. The lowest BCUT2D eigenvalue weighted by molar-refractivity contribution is 0.465. The zero-order valence-corrected chi connectivity index (χ0v) is 7.87. The molecule has 0 radical (unpaired) electrons. The Kier molecular flexibility index (Phi) is 4.95. The standard InChI is InChI=1S/C9H14FNS/c10-5-7-11-6-1-3-9-4-2-8-12-9/h2,4,8,11H,1,3,5-7H2. The summed E-state index contributed by atoms with van der Waals surface area (Å²) in [5.74, 6) is 0. The highest BCUT2D eigenvalue weighted by atomic mass is 32.1. The Labute approximate surface area is 76.6 Å². The van der Waals surface area contributed by atoms with Crippen molar-refractivity contribution in [3.05, 3.63) is 22.4 Å². The molecule has 0 aliphatic carbocycles. The average Bonchev–Trinajstić information content (AvgIpc) is 2.57. The van der Waals surface area contributed by atoms with Crippen molar-refractivity contribution in [2.45, 2.75) is 12.8 Å². The van der Waals surface area contributed by atoms with Crippen molar-refractivity contribution in [2.75, 3.05) is 19.8 Å². The van der Waals surface area contributed by atoms with Gasteiger partial charge in [0.25, 0.3) is 0 Å². The maximum atomic E-state index is 11.6. The number of alkyl halides is 1. The minimum atomic E-state index is -0.265. The highest BCUT2D eigenvalue weighted by molar-refractivity contribution is 7.09. The fourth-order valence-electron chi connectivity index (χ4n) is 1.03. The van der Waals surface area contributed by atoms with Crippen LogP contribution in [0, 0.1) is 0 Å². The molecule has 0 spiro atoms. The quantitative estimate of drug-likeness (QED) is 0.673. The fourth-order valence-corrected chi connectivity index (χ4v) is 1.79. The third-order valence-corrected chi connectivity index (χ3v) is 2.56. The van der Waals surface area contributed by atoms with Crippen LogP contribution in [0.1, 0.15) is 11.3 Å². The molecule has 0 atom stereocenters. The van der Waals surface area contributed by atoms with E-state index < -0.39 is 0 Å². The van der Waals surface area contributed by atoms with Gasteiger partial charge in [0, 0.05) is 11.4 Å². The summed E-state index contributed by atoms with van der Waals surface area (Å²) in [7, 11) is 0. The molecule has 1 rings (SSSR count). The molecule has 3 heteroatoms. The number of nitrogens with one attached hydrogen (secondary N) is 1.